The molecule has 1 heterocycles. The molecule has 1 N–H and O–H groups in total. The maximum atomic E-state index is 12.2. The van der Waals surface area contributed by atoms with E-state index in [-0.39, 0.29) is 5.91 Å². The predicted octanol–water partition coefficient (Wildman–Crippen LogP) is 4.28. The molecule has 0 aliphatic heterocycles. The second-order valence-corrected chi connectivity index (χ2v) is 8.02. The maximum absolute atomic E-state index is 12.2. The Morgan fingerprint density at radius 3 is 2.64 bits per heavy atom. The van der Waals surface area contributed by atoms with E-state index in [0.717, 1.165) is 47.8 Å². The number of rotatable bonds is 6. The summed E-state index contributed by atoms with van der Waals surface area (Å²) < 4.78 is 0. The molecule has 6 heteroatoms. The zero-order chi connectivity index (χ0) is 17.5. The Morgan fingerprint density at radius 2 is 1.92 bits per heavy atom. The van der Waals surface area contributed by atoms with Crippen molar-refractivity contribution in [2.45, 2.75) is 55.0 Å². The molecule has 132 valence electrons. The van der Waals surface area contributed by atoms with Gasteiger partial charge < -0.3 is 5.32 Å². The van der Waals surface area contributed by atoms with Crippen molar-refractivity contribution in [1.29, 1.82) is 0 Å². The number of hydrogen-bond donors (Lipinski definition) is 1. The average molecular weight is 376 g/mol. The van der Waals surface area contributed by atoms with Gasteiger partial charge in [-0.15, -0.1) is 0 Å². The Morgan fingerprint density at radius 1 is 1.16 bits per heavy atom. The minimum atomic E-state index is 0.127. The molecule has 3 rings (SSSR count). The first-order chi connectivity index (χ1) is 12.2. The fourth-order valence-corrected chi connectivity index (χ4v) is 4.33. The molecule has 0 atom stereocenters. The zero-order valence-corrected chi connectivity index (χ0v) is 15.6. The van der Waals surface area contributed by atoms with E-state index in [1.807, 2.05) is 30.3 Å². The van der Waals surface area contributed by atoms with Gasteiger partial charge in [-0.25, -0.2) is 9.97 Å². The summed E-state index contributed by atoms with van der Waals surface area (Å²) in [5.74, 6) is 0.127. The molecule has 0 bridgehead atoms. The van der Waals surface area contributed by atoms with Gasteiger partial charge >= 0.3 is 0 Å². The van der Waals surface area contributed by atoms with Gasteiger partial charge in [-0.1, -0.05) is 35.5 Å². The lowest BCUT2D eigenvalue weighted by Crippen LogP contribution is -2.38. The van der Waals surface area contributed by atoms with Crippen molar-refractivity contribution in [3.05, 3.63) is 53.3 Å². The third-order valence-electron chi connectivity index (χ3n) is 4.38. The predicted molar refractivity (Wildman–Crippen MR) is 102 cm³/mol. The summed E-state index contributed by atoms with van der Waals surface area (Å²) >= 11 is 7.72. The Hall–Kier alpha value is -1.59. The molecule has 1 fully saturated rings. The summed E-state index contributed by atoms with van der Waals surface area (Å²) in [6, 6.07) is 9.82. The van der Waals surface area contributed by atoms with Gasteiger partial charge in [0.15, 0.2) is 5.16 Å². The summed E-state index contributed by atoms with van der Waals surface area (Å²) in [6.45, 7) is 0. The van der Waals surface area contributed by atoms with Crippen molar-refractivity contribution in [3.63, 3.8) is 0 Å². The van der Waals surface area contributed by atoms with E-state index in [1.54, 1.807) is 24.2 Å². The lowest BCUT2D eigenvalue weighted by atomic mass is 9.95. The van der Waals surface area contributed by atoms with Crippen LogP contribution in [0.25, 0.3) is 0 Å². The number of amides is 1. The molecule has 25 heavy (non-hydrogen) atoms. The first-order valence-corrected chi connectivity index (χ1v) is 9.92. The standard InChI is InChI=1S/C19H22ClN3OS/c20-15-4-1-3-14(13-15)5-10-18(24)23-16-6-8-17(9-7-16)25-19-21-11-2-12-22-19/h1-4,11-13,16-17H,5-10H2,(H,23,24). The number of thioether (sulfide) groups is 1. The molecule has 4 nitrogen and oxygen atoms in total. The number of carbonyl (C=O) groups excluding carboxylic acids is 1. The van der Waals surface area contributed by atoms with E-state index in [4.69, 9.17) is 11.6 Å². The Labute approximate surface area is 157 Å². The van der Waals surface area contributed by atoms with Gasteiger partial charge in [0.2, 0.25) is 5.91 Å². The van der Waals surface area contributed by atoms with E-state index >= 15 is 0 Å². The van der Waals surface area contributed by atoms with Crippen molar-refractivity contribution in [1.82, 2.24) is 15.3 Å². The van der Waals surface area contributed by atoms with E-state index in [2.05, 4.69) is 15.3 Å². The highest BCUT2D eigenvalue weighted by atomic mass is 35.5. The Bertz CT molecular complexity index is 690. The topological polar surface area (TPSA) is 54.9 Å². The maximum Gasteiger partial charge on any atom is 0.220 e. The second-order valence-electron chi connectivity index (χ2n) is 6.32. The number of aryl methyl sites for hydroxylation is 1. The van der Waals surface area contributed by atoms with Crippen LogP contribution in [0.5, 0.6) is 0 Å². The molecule has 0 radical (unpaired) electrons. The number of halogens is 1. The molecule has 1 aliphatic carbocycles. The fraction of sp³-hybridized carbons (Fsp3) is 0.421. The number of hydrogen-bond acceptors (Lipinski definition) is 4. The number of nitrogens with zero attached hydrogens (tertiary/aromatic N) is 2. The molecule has 1 aromatic heterocycles. The van der Waals surface area contributed by atoms with E-state index in [0.29, 0.717) is 17.7 Å². The van der Waals surface area contributed by atoms with Gasteiger partial charge in [0.05, 0.1) is 0 Å². The van der Waals surface area contributed by atoms with Crippen LogP contribution in [0.3, 0.4) is 0 Å². The van der Waals surface area contributed by atoms with E-state index < -0.39 is 0 Å². The van der Waals surface area contributed by atoms with E-state index in [1.165, 1.54) is 0 Å². The molecule has 0 spiro atoms. The first kappa shape index (κ1) is 18.2. The molecule has 1 aromatic carbocycles. The molecule has 1 amide bonds. The zero-order valence-electron chi connectivity index (χ0n) is 14.0. The van der Waals surface area contributed by atoms with Crippen molar-refractivity contribution >= 4 is 29.3 Å². The van der Waals surface area contributed by atoms with Crippen molar-refractivity contribution < 1.29 is 4.79 Å². The lowest BCUT2D eigenvalue weighted by molar-refractivity contribution is -0.121. The third kappa shape index (κ3) is 6.01. The largest absolute Gasteiger partial charge is 0.353 e. The summed E-state index contributed by atoms with van der Waals surface area (Å²) in [7, 11) is 0. The number of aromatic nitrogens is 2. The van der Waals surface area contributed by atoms with Crippen LogP contribution >= 0.6 is 23.4 Å². The van der Waals surface area contributed by atoms with Crippen LogP contribution in [0.4, 0.5) is 0 Å². The average Bonchev–Trinajstić information content (AvgIpc) is 2.63. The Balaban J connectivity index is 1.37. The van der Waals surface area contributed by atoms with Crippen LogP contribution in [0.15, 0.2) is 47.9 Å². The lowest BCUT2D eigenvalue weighted by Gasteiger charge is -2.28. The van der Waals surface area contributed by atoms with Gasteiger partial charge in [0.25, 0.3) is 0 Å². The van der Waals surface area contributed by atoms with Crippen molar-refractivity contribution in [3.8, 4) is 0 Å². The highest BCUT2D eigenvalue weighted by Gasteiger charge is 2.23. The van der Waals surface area contributed by atoms with Gasteiger partial charge in [0.1, 0.15) is 0 Å². The van der Waals surface area contributed by atoms with Crippen LogP contribution in [-0.4, -0.2) is 27.2 Å². The molecular weight excluding hydrogens is 354 g/mol. The molecule has 1 aliphatic rings. The SMILES string of the molecule is O=C(CCc1cccc(Cl)c1)NC1CCC(Sc2ncccn2)CC1. The monoisotopic (exact) mass is 375 g/mol. The number of carbonyl (C=O) groups is 1. The number of benzene rings is 1. The van der Waals surface area contributed by atoms with Gasteiger partial charge in [-0.2, -0.15) is 0 Å². The van der Waals surface area contributed by atoms with Crippen molar-refractivity contribution in [2.24, 2.45) is 0 Å². The fourth-order valence-electron chi connectivity index (χ4n) is 3.07. The van der Waals surface area contributed by atoms with Crippen molar-refractivity contribution in [2.75, 3.05) is 0 Å². The summed E-state index contributed by atoms with van der Waals surface area (Å²) in [5.41, 5.74) is 1.10. The second kappa shape index (κ2) is 9.20. The van der Waals surface area contributed by atoms with Gasteiger partial charge in [0, 0.05) is 35.1 Å². The normalized spacial score (nSPS) is 20.2. The third-order valence-corrected chi connectivity index (χ3v) is 5.84. The summed E-state index contributed by atoms with van der Waals surface area (Å²) in [4.78, 5) is 20.7. The van der Waals surface area contributed by atoms with Crippen LogP contribution in [0.2, 0.25) is 5.02 Å². The van der Waals surface area contributed by atoms with Crippen LogP contribution in [0, 0.1) is 0 Å². The van der Waals surface area contributed by atoms with E-state index in [9.17, 15) is 4.79 Å². The highest BCUT2D eigenvalue weighted by molar-refractivity contribution is 7.99. The molecule has 0 saturated heterocycles. The smallest absolute Gasteiger partial charge is 0.220 e. The minimum absolute atomic E-state index is 0.127. The quantitative estimate of drug-likeness (QED) is 0.765. The van der Waals surface area contributed by atoms with Crippen LogP contribution in [-0.2, 0) is 11.2 Å². The molecular formula is C19H22ClN3OS. The summed E-state index contributed by atoms with van der Waals surface area (Å²) in [6.07, 6.45) is 9.00. The summed E-state index contributed by atoms with van der Waals surface area (Å²) in [5, 5.41) is 5.28. The highest BCUT2D eigenvalue weighted by Crippen LogP contribution is 2.31. The van der Waals surface area contributed by atoms with Crippen LogP contribution < -0.4 is 5.32 Å². The van der Waals surface area contributed by atoms with Gasteiger partial charge in [-0.3, -0.25) is 4.79 Å². The first-order valence-electron chi connectivity index (χ1n) is 8.66. The Kier molecular flexibility index (Phi) is 6.70. The minimum Gasteiger partial charge on any atom is -0.353 e. The van der Waals surface area contributed by atoms with Crippen LogP contribution in [0.1, 0.15) is 37.7 Å². The van der Waals surface area contributed by atoms with Gasteiger partial charge in [-0.05, 0) is 55.9 Å². The molecule has 0 unspecified atom stereocenters. The molecule has 1 saturated carbocycles. The molecule has 2 aromatic rings. The number of nitrogens with one attached hydrogen (secondary N) is 1.